The highest BCUT2D eigenvalue weighted by Crippen LogP contribution is 2.26. The zero-order chi connectivity index (χ0) is 23.4. The maximum Gasteiger partial charge on any atom is 0.273 e. The van der Waals surface area contributed by atoms with Crippen LogP contribution in [-0.2, 0) is 6.54 Å². The zero-order valence-electron chi connectivity index (χ0n) is 18.7. The smallest absolute Gasteiger partial charge is 0.273 e. The van der Waals surface area contributed by atoms with Gasteiger partial charge in [-0.05, 0) is 37.0 Å². The van der Waals surface area contributed by atoms with Gasteiger partial charge in [-0.3, -0.25) is 14.2 Å². The molecule has 9 heteroatoms. The highest BCUT2D eigenvalue weighted by Gasteiger charge is 2.24. The summed E-state index contributed by atoms with van der Waals surface area (Å²) >= 11 is 1.16. The zero-order valence-corrected chi connectivity index (χ0v) is 19.5. The van der Waals surface area contributed by atoms with Gasteiger partial charge in [0.05, 0.1) is 28.6 Å². The lowest BCUT2D eigenvalue weighted by Crippen LogP contribution is -2.45. The number of fused-ring (bicyclic) bond motifs is 1. The van der Waals surface area contributed by atoms with Crippen LogP contribution in [0.25, 0.3) is 10.2 Å². The van der Waals surface area contributed by atoms with Crippen LogP contribution in [0.1, 0.15) is 53.4 Å². The van der Waals surface area contributed by atoms with E-state index in [4.69, 9.17) is 10.7 Å². The van der Waals surface area contributed by atoms with Crippen molar-refractivity contribution >= 4 is 33.4 Å². The van der Waals surface area contributed by atoms with Gasteiger partial charge >= 0.3 is 0 Å². The van der Waals surface area contributed by atoms with Gasteiger partial charge in [-0.1, -0.05) is 31.5 Å². The Labute approximate surface area is 196 Å². The summed E-state index contributed by atoms with van der Waals surface area (Å²) in [5.41, 5.74) is 7.79. The Morgan fingerprint density at radius 3 is 2.97 bits per heavy atom. The quantitative estimate of drug-likeness (QED) is 0.519. The number of carbonyl (C=O) groups is 1. The van der Waals surface area contributed by atoms with E-state index in [-0.39, 0.29) is 24.1 Å². The van der Waals surface area contributed by atoms with Gasteiger partial charge in [0.15, 0.2) is 0 Å². The Kier molecular flexibility index (Phi) is 7.06. The first-order valence-corrected chi connectivity index (χ1v) is 12.1. The topological polar surface area (TPSA) is 117 Å². The summed E-state index contributed by atoms with van der Waals surface area (Å²) in [6, 6.07) is 11.2. The lowest BCUT2D eigenvalue weighted by atomic mass is 10.1. The molecule has 3 N–H and O–H groups in total. The van der Waals surface area contributed by atoms with Crippen molar-refractivity contribution in [2.75, 3.05) is 24.5 Å². The number of aromatic nitrogens is 2. The molecule has 1 fully saturated rings. The number of nitrogens with two attached hydrogens (primary N) is 1. The Morgan fingerprint density at radius 1 is 1.39 bits per heavy atom. The van der Waals surface area contributed by atoms with E-state index in [0.29, 0.717) is 39.7 Å². The first kappa shape index (κ1) is 23.0. The van der Waals surface area contributed by atoms with Crippen molar-refractivity contribution in [3.05, 3.63) is 56.7 Å². The first-order chi connectivity index (χ1) is 16.0. The monoisotopic (exact) mass is 464 g/mol. The maximum absolute atomic E-state index is 13.6. The molecular formula is C24H28N6O2S. The fourth-order valence-electron chi connectivity index (χ4n) is 4.09. The van der Waals surface area contributed by atoms with E-state index in [1.807, 2.05) is 17.0 Å². The van der Waals surface area contributed by atoms with Crippen molar-refractivity contribution in [2.24, 2.45) is 5.73 Å². The van der Waals surface area contributed by atoms with Gasteiger partial charge < -0.3 is 16.0 Å². The maximum atomic E-state index is 13.6. The molecule has 0 aliphatic carbocycles. The lowest BCUT2D eigenvalue weighted by Gasteiger charge is -2.33. The second-order valence-electron chi connectivity index (χ2n) is 8.35. The minimum atomic E-state index is -0.209. The summed E-state index contributed by atoms with van der Waals surface area (Å²) < 4.78 is 2.06. The van der Waals surface area contributed by atoms with Crippen molar-refractivity contribution in [3.63, 3.8) is 0 Å². The number of nitriles is 1. The van der Waals surface area contributed by atoms with Gasteiger partial charge in [-0.15, -0.1) is 11.3 Å². The molecule has 1 aromatic carbocycles. The second-order valence-corrected chi connectivity index (χ2v) is 9.41. The minimum Gasteiger partial charge on any atom is -0.351 e. The number of piperidine rings is 1. The Morgan fingerprint density at radius 2 is 2.21 bits per heavy atom. The van der Waals surface area contributed by atoms with Crippen molar-refractivity contribution in [1.82, 2.24) is 14.9 Å². The van der Waals surface area contributed by atoms with Crippen molar-refractivity contribution in [3.8, 4) is 6.07 Å². The molecule has 1 unspecified atom stereocenters. The average molecular weight is 465 g/mol. The summed E-state index contributed by atoms with van der Waals surface area (Å²) in [7, 11) is 0. The van der Waals surface area contributed by atoms with Crippen molar-refractivity contribution in [2.45, 2.75) is 45.2 Å². The molecule has 0 spiro atoms. The van der Waals surface area contributed by atoms with Crippen LogP contribution in [0.3, 0.4) is 0 Å². The third-order valence-corrected chi connectivity index (χ3v) is 6.97. The highest BCUT2D eigenvalue weighted by molar-refractivity contribution is 7.20. The molecule has 172 valence electrons. The fourth-order valence-corrected chi connectivity index (χ4v) is 5.05. The van der Waals surface area contributed by atoms with Gasteiger partial charge in [0.1, 0.15) is 4.70 Å². The Bertz CT molecular complexity index is 1260. The standard InChI is InChI=1S/C24H28N6O2S/c1-2-3-10-27-22(31)20-12-19-21(33-20)23(32)30(14-17-8-5-4-7-16(17)13-25)24(28-19)29-11-6-9-18(26)15-29/h4-5,7-8,12,18H,2-3,6,9-11,14-15,26H2,1H3,(H,27,31). The summed E-state index contributed by atoms with van der Waals surface area (Å²) in [5, 5.41) is 12.4. The summed E-state index contributed by atoms with van der Waals surface area (Å²) in [6.45, 7) is 4.24. The number of nitrogens with one attached hydrogen (secondary N) is 1. The Balaban J connectivity index is 1.80. The molecule has 1 amide bonds. The van der Waals surface area contributed by atoms with E-state index < -0.39 is 0 Å². The molecular weight excluding hydrogens is 436 g/mol. The minimum absolute atomic E-state index is 0.00794. The molecule has 3 heterocycles. The van der Waals surface area contributed by atoms with Gasteiger partial charge in [-0.2, -0.15) is 5.26 Å². The molecule has 2 aromatic heterocycles. The number of amides is 1. The number of rotatable bonds is 7. The number of hydrogen-bond donors (Lipinski definition) is 2. The van der Waals surface area contributed by atoms with Gasteiger partial charge in [0, 0.05) is 25.7 Å². The van der Waals surface area contributed by atoms with E-state index in [9.17, 15) is 14.9 Å². The van der Waals surface area contributed by atoms with E-state index in [1.165, 1.54) is 0 Å². The van der Waals surface area contributed by atoms with E-state index >= 15 is 0 Å². The third-order valence-electron chi connectivity index (χ3n) is 5.86. The van der Waals surface area contributed by atoms with E-state index in [1.54, 1.807) is 22.8 Å². The van der Waals surface area contributed by atoms with Crippen LogP contribution >= 0.6 is 11.3 Å². The van der Waals surface area contributed by atoms with E-state index in [0.717, 1.165) is 49.1 Å². The molecule has 1 atom stereocenters. The highest BCUT2D eigenvalue weighted by atomic mass is 32.1. The molecule has 1 aliphatic rings. The molecule has 33 heavy (non-hydrogen) atoms. The van der Waals surface area contributed by atoms with Gasteiger partial charge in [0.25, 0.3) is 11.5 Å². The molecule has 4 rings (SSSR count). The summed E-state index contributed by atoms with van der Waals surface area (Å²) in [6.07, 6.45) is 3.74. The lowest BCUT2D eigenvalue weighted by molar-refractivity contribution is 0.0957. The molecule has 3 aromatic rings. The Hall–Kier alpha value is -3.22. The fraction of sp³-hybridized carbons (Fsp3) is 0.417. The normalized spacial score (nSPS) is 16.0. The van der Waals surface area contributed by atoms with Crippen LogP contribution in [0.2, 0.25) is 0 Å². The number of unbranched alkanes of at least 4 members (excludes halogenated alkanes) is 1. The summed E-state index contributed by atoms with van der Waals surface area (Å²) in [5.74, 6) is 0.347. The number of anilines is 1. The van der Waals surface area contributed by atoms with Crippen LogP contribution in [0, 0.1) is 11.3 Å². The molecule has 0 radical (unpaired) electrons. The predicted octanol–water partition coefficient (Wildman–Crippen LogP) is 2.84. The van der Waals surface area contributed by atoms with Gasteiger partial charge in [-0.25, -0.2) is 4.98 Å². The molecule has 1 saturated heterocycles. The molecule has 0 saturated carbocycles. The number of benzene rings is 1. The predicted molar refractivity (Wildman–Crippen MR) is 131 cm³/mol. The summed E-state index contributed by atoms with van der Waals surface area (Å²) in [4.78, 5) is 33.6. The van der Waals surface area contributed by atoms with Crippen molar-refractivity contribution in [1.29, 1.82) is 5.26 Å². The van der Waals surface area contributed by atoms with E-state index in [2.05, 4.69) is 18.3 Å². The van der Waals surface area contributed by atoms with Crippen LogP contribution in [0.15, 0.2) is 35.1 Å². The second kappa shape index (κ2) is 10.1. The molecule has 0 bridgehead atoms. The van der Waals surface area contributed by atoms with Crippen LogP contribution in [0.5, 0.6) is 0 Å². The van der Waals surface area contributed by atoms with Crippen LogP contribution in [-0.4, -0.2) is 41.1 Å². The molecule has 1 aliphatic heterocycles. The third kappa shape index (κ3) is 4.92. The van der Waals surface area contributed by atoms with Gasteiger partial charge in [0.2, 0.25) is 5.95 Å². The largest absolute Gasteiger partial charge is 0.351 e. The van der Waals surface area contributed by atoms with Crippen LogP contribution < -0.4 is 21.5 Å². The number of thiophene rings is 1. The molecule has 8 nitrogen and oxygen atoms in total. The van der Waals surface area contributed by atoms with Crippen LogP contribution in [0.4, 0.5) is 5.95 Å². The first-order valence-electron chi connectivity index (χ1n) is 11.3. The van der Waals surface area contributed by atoms with Crippen molar-refractivity contribution < 1.29 is 4.79 Å². The SMILES string of the molecule is CCCCNC(=O)c1cc2nc(N3CCCC(N)C3)n(Cc3ccccc3C#N)c(=O)c2s1. The number of carbonyl (C=O) groups excluding carboxylic acids is 1. The number of nitrogens with zero attached hydrogens (tertiary/aromatic N) is 4. The average Bonchev–Trinajstić information content (AvgIpc) is 3.26. The number of hydrogen-bond acceptors (Lipinski definition) is 7.